The van der Waals surface area contributed by atoms with Gasteiger partial charge in [-0.05, 0) is 12.1 Å². The molecule has 1 rings (SSSR count). The van der Waals surface area contributed by atoms with Gasteiger partial charge in [-0.2, -0.15) is 0 Å². The highest BCUT2D eigenvalue weighted by Crippen LogP contribution is 2.31. The normalized spacial score (nSPS) is 12.5. The first-order valence-corrected chi connectivity index (χ1v) is 4.46. The highest BCUT2D eigenvalue weighted by atomic mass is 35.5. The van der Waals surface area contributed by atoms with Crippen LogP contribution in [0.15, 0.2) is 12.1 Å². The second-order valence-corrected chi connectivity index (χ2v) is 3.39. The van der Waals surface area contributed by atoms with Gasteiger partial charge in [-0.15, -0.1) is 0 Å². The molecule has 1 atom stereocenters. The SMILES string of the molecule is NCC(C(=O)O)c1cc(Cl)cc(F)c1O. The van der Waals surface area contributed by atoms with Gasteiger partial charge in [-0.25, -0.2) is 4.39 Å². The molecule has 0 aromatic heterocycles. The number of rotatable bonds is 3. The van der Waals surface area contributed by atoms with Gasteiger partial charge in [-0.1, -0.05) is 11.6 Å². The Morgan fingerprint density at radius 2 is 2.20 bits per heavy atom. The molecular formula is C9H9ClFNO3. The molecule has 0 spiro atoms. The van der Waals surface area contributed by atoms with Crippen molar-refractivity contribution in [3.05, 3.63) is 28.5 Å². The fraction of sp³-hybridized carbons (Fsp3) is 0.222. The lowest BCUT2D eigenvalue weighted by Gasteiger charge is -2.12. The number of halogens is 2. The smallest absolute Gasteiger partial charge is 0.312 e. The largest absolute Gasteiger partial charge is 0.505 e. The van der Waals surface area contributed by atoms with E-state index in [4.69, 9.17) is 22.4 Å². The van der Waals surface area contributed by atoms with Crippen LogP contribution in [0.5, 0.6) is 5.75 Å². The van der Waals surface area contributed by atoms with E-state index in [1.807, 2.05) is 0 Å². The summed E-state index contributed by atoms with van der Waals surface area (Å²) in [6.07, 6.45) is 0. The molecule has 0 aliphatic heterocycles. The summed E-state index contributed by atoms with van der Waals surface area (Å²) >= 11 is 5.54. The standard InChI is InChI=1S/C9H9ClFNO3/c10-4-1-5(6(3-12)9(14)15)8(13)7(11)2-4/h1-2,6,13H,3,12H2,(H,14,15). The monoisotopic (exact) mass is 233 g/mol. The van der Waals surface area contributed by atoms with Crippen molar-refractivity contribution < 1.29 is 19.4 Å². The molecule has 0 amide bonds. The molecule has 0 bridgehead atoms. The molecule has 4 nitrogen and oxygen atoms in total. The third-order valence-corrected chi connectivity index (χ3v) is 2.19. The Balaban J connectivity index is 3.28. The van der Waals surface area contributed by atoms with Crippen LogP contribution in [0.2, 0.25) is 5.02 Å². The second-order valence-electron chi connectivity index (χ2n) is 2.95. The number of phenols is 1. The Morgan fingerprint density at radius 1 is 1.60 bits per heavy atom. The van der Waals surface area contributed by atoms with E-state index < -0.39 is 23.5 Å². The van der Waals surface area contributed by atoms with Crippen LogP contribution in [0.4, 0.5) is 4.39 Å². The lowest BCUT2D eigenvalue weighted by atomic mass is 9.98. The molecule has 6 heteroatoms. The van der Waals surface area contributed by atoms with E-state index in [0.29, 0.717) is 0 Å². The van der Waals surface area contributed by atoms with E-state index in [9.17, 15) is 14.3 Å². The number of aromatic hydroxyl groups is 1. The molecule has 0 heterocycles. The number of carboxylic acids is 1. The molecule has 82 valence electrons. The van der Waals surface area contributed by atoms with Crippen LogP contribution in [0.1, 0.15) is 11.5 Å². The third kappa shape index (κ3) is 2.37. The van der Waals surface area contributed by atoms with Crippen molar-refractivity contribution in [3.8, 4) is 5.75 Å². The van der Waals surface area contributed by atoms with Gasteiger partial charge in [0.1, 0.15) is 0 Å². The zero-order valence-electron chi connectivity index (χ0n) is 7.58. The molecule has 0 saturated carbocycles. The first-order valence-electron chi connectivity index (χ1n) is 4.08. The van der Waals surface area contributed by atoms with Crippen molar-refractivity contribution in [3.63, 3.8) is 0 Å². The number of hydrogen-bond acceptors (Lipinski definition) is 3. The molecule has 0 aliphatic carbocycles. The summed E-state index contributed by atoms with van der Waals surface area (Å²) in [4.78, 5) is 10.7. The Kier molecular flexibility index (Phi) is 3.49. The van der Waals surface area contributed by atoms with Gasteiger partial charge in [0.05, 0.1) is 5.92 Å². The van der Waals surface area contributed by atoms with Crippen LogP contribution >= 0.6 is 11.6 Å². The van der Waals surface area contributed by atoms with Crippen molar-refractivity contribution in [1.29, 1.82) is 0 Å². The highest BCUT2D eigenvalue weighted by Gasteiger charge is 2.23. The molecule has 0 saturated heterocycles. The number of carbonyl (C=O) groups is 1. The number of hydrogen-bond donors (Lipinski definition) is 3. The van der Waals surface area contributed by atoms with Crippen molar-refractivity contribution in [2.24, 2.45) is 5.73 Å². The summed E-state index contributed by atoms with van der Waals surface area (Å²) in [5.74, 6) is -4.10. The molecular weight excluding hydrogens is 225 g/mol. The Labute approximate surface area is 90.1 Å². The van der Waals surface area contributed by atoms with Crippen molar-refractivity contribution in [2.45, 2.75) is 5.92 Å². The maximum Gasteiger partial charge on any atom is 0.312 e. The number of benzene rings is 1. The van der Waals surface area contributed by atoms with Crippen LogP contribution in [0.3, 0.4) is 0 Å². The predicted octanol–water partition coefficient (Wildman–Crippen LogP) is 1.31. The van der Waals surface area contributed by atoms with Crippen molar-refractivity contribution in [2.75, 3.05) is 6.54 Å². The summed E-state index contributed by atoms with van der Waals surface area (Å²) in [7, 11) is 0. The van der Waals surface area contributed by atoms with Gasteiger partial charge in [0.25, 0.3) is 0 Å². The van der Waals surface area contributed by atoms with E-state index in [2.05, 4.69) is 0 Å². The lowest BCUT2D eigenvalue weighted by Crippen LogP contribution is -2.21. The van der Waals surface area contributed by atoms with Gasteiger partial charge in [0.2, 0.25) is 0 Å². The molecule has 4 N–H and O–H groups in total. The summed E-state index contributed by atoms with van der Waals surface area (Å²) in [5.41, 5.74) is 5.10. The fourth-order valence-electron chi connectivity index (χ4n) is 1.21. The van der Waals surface area contributed by atoms with Gasteiger partial charge >= 0.3 is 5.97 Å². The molecule has 1 unspecified atom stereocenters. The van der Waals surface area contributed by atoms with Gasteiger partial charge in [0.15, 0.2) is 11.6 Å². The average molecular weight is 234 g/mol. The van der Waals surface area contributed by atoms with Crippen LogP contribution in [0.25, 0.3) is 0 Å². The van der Waals surface area contributed by atoms with E-state index in [-0.39, 0.29) is 17.1 Å². The number of carboxylic acid groups (broad SMARTS) is 1. The first kappa shape index (κ1) is 11.7. The number of phenolic OH excluding ortho intramolecular Hbond substituents is 1. The van der Waals surface area contributed by atoms with E-state index in [1.165, 1.54) is 6.07 Å². The second kappa shape index (κ2) is 4.46. The molecule has 0 radical (unpaired) electrons. The minimum absolute atomic E-state index is 0.0139. The lowest BCUT2D eigenvalue weighted by molar-refractivity contribution is -0.138. The van der Waals surface area contributed by atoms with Crippen LogP contribution < -0.4 is 5.73 Å². The molecule has 0 aliphatic rings. The molecule has 15 heavy (non-hydrogen) atoms. The Hall–Kier alpha value is -1.33. The number of aliphatic carboxylic acids is 1. The number of nitrogens with two attached hydrogens (primary N) is 1. The maximum atomic E-state index is 13.0. The summed E-state index contributed by atoms with van der Waals surface area (Å²) in [5, 5.41) is 18.1. The predicted molar refractivity (Wildman–Crippen MR) is 52.5 cm³/mol. The van der Waals surface area contributed by atoms with E-state index >= 15 is 0 Å². The topological polar surface area (TPSA) is 83.6 Å². The van der Waals surface area contributed by atoms with Gasteiger partial charge in [-0.3, -0.25) is 4.79 Å². The van der Waals surface area contributed by atoms with Crippen LogP contribution in [-0.4, -0.2) is 22.7 Å². The fourth-order valence-corrected chi connectivity index (χ4v) is 1.43. The zero-order valence-corrected chi connectivity index (χ0v) is 8.33. The Morgan fingerprint density at radius 3 is 2.67 bits per heavy atom. The minimum Gasteiger partial charge on any atom is -0.505 e. The van der Waals surface area contributed by atoms with Crippen molar-refractivity contribution in [1.82, 2.24) is 0 Å². The van der Waals surface area contributed by atoms with Gasteiger partial charge in [0, 0.05) is 17.1 Å². The summed E-state index contributed by atoms with van der Waals surface area (Å²) < 4.78 is 13.0. The van der Waals surface area contributed by atoms with Crippen LogP contribution in [0, 0.1) is 5.82 Å². The average Bonchev–Trinajstić information content (AvgIpc) is 2.13. The Bertz CT molecular complexity index is 397. The molecule has 0 fully saturated rings. The van der Waals surface area contributed by atoms with Crippen molar-refractivity contribution >= 4 is 17.6 Å². The first-order chi connectivity index (χ1) is 6.97. The summed E-state index contributed by atoms with van der Waals surface area (Å²) in [6, 6.07) is 2.08. The third-order valence-electron chi connectivity index (χ3n) is 1.97. The van der Waals surface area contributed by atoms with E-state index in [0.717, 1.165) is 6.07 Å². The van der Waals surface area contributed by atoms with Crippen LogP contribution in [-0.2, 0) is 4.79 Å². The van der Waals surface area contributed by atoms with Gasteiger partial charge < -0.3 is 15.9 Å². The summed E-state index contributed by atoms with van der Waals surface area (Å²) in [6.45, 7) is -0.247. The molecule has 1 aromatic rings. The maximum absolute atomic E-state index is 13.0. The molecule has 1 aromatic carbocycles. The minimum atomic E-state index is -1.24. The zero-order chi connectivity index (χ0) is 11.6. The van der Waals surface area contributed by atoms with E-state index in [1.54, 1.807) is 0 Å². The quantitative estimate of drug-likeness (QED) is 0.735. The highest BCUT2D eigenvalue weighted by molar-refractivity contribution is 6.30.